The van der Waals surface area contributed by atoms with E-state index in [1.165, 1.54) is 0 Å². The molecular weight excluding hydrogens is 368 g/mol. The van der Waals surface area contributed by atoms with Gasteiger partial charge in [0.15, 0.2) is 0 Å². The number of fused-ring (bicyclic) bond motifs is 1. The molecule has 0 aliphatic rings. The monoisotopic (exact) mass is 396 g/mol. The number of rotatable bonds is 8. The molecule has 2 aromatic carbocycles. The number of nitrogens with one attached hydrogen (secondary N) is 2. The molecular formula is C22H28N4O3. The van der Waals surface area contributed by atoms with Crippen LogP contribution in [0.4, 0.5) is 10.5 Å². The molecule has 2 N–H and O–H groups in total. The van der Waals surface area contributed by atoms with Gasteiger partial charge in [0.1, 0.15) is 5.75 Å². The number of imidazole rings is 1. The average Bonchev–Trinajstić information content (AvgIpc) is 3.05. The quantitative estimate of drug-likeness (QED) is 0.609. The van der Waals surface area contributed by atoms with Crippen molar-refractivity contribution >= 4 is 22.8 Å². The molecule has 1 amide bonds. The highest BCUT2D eigenvalue weighted by molar-refractivity contribution is 5.98. The number of carbonyl (C=O) groups is 1. The predicted octanol–water partition coefficient (Wildman–Crippen LogP) is 3.69. The van der Waals surface area contributed by atoms with Gasteiger partial charge in [-0.2, -0.15) is 0 Å². The summed E-state index contributed by atoms with van der Waals surface area (Å²) in [6, 6.07) is 12.4. The third-order valence-corrected chi connectivity index (χ3v) is 4.99. The second-order valence-corrected chi connectivity index (χ2v) is 6.75. The van der Waals surface area contributed by atoms with Gasteiger partial charge < -0.3 is 19.9 Å². The molecule has 0 unspecified atom stereocenters. The lowest BCUT2D eigenvalue weighted by Crippen LogP contribution is -2.29. The maximum atomic E-state index is 12.9. The summed E-state index contributed by atoms with van der Waals surface area (Å²) in [7, 11) is 0. The number of aromatic nitrogens is 2. The van der Waals surface area contributed by atoms with Gasteiger partial charge in [-0.1, -0.05) is 32.0 Å². The summed E-state index contributed by atoms with van der Waals surface area (Å²) in [6.45, 7) is 9.56. The maximum absolute atomic E-state index is 12.9. The summed E-state index contributed by atoms with van der Waals surface area (Å²) in [6.07, 6.45) is 0.853. The fourth-order valence-corrected chi connectivity index (χ4v) is 3.35. The number of para-hydroxylation sites is 2. The largest absolute Gasteiger partial charge is 0.492 e. The number of hydrogen-bond acceptors (Lipinski definition) is 4. The minimum Gasteiger partial charge on any atom is -0.492 e. The van der Waals surface area contributed by atoms with Gasteiger partial charge in [0.2, 0.25) is 0 Å². The SMILES string of the molecule is CCOc1ccccc1NC(=O)n1c(=O)[nH]c2ccc(CCN(CC)CC)cc21. The molecule has 0 atom stereocenters. The molecule has 7 heteroatoms. The Morgan fingerprint density at radius 2 is 1.90 bits per heavy atom. The summed E-state index contributed by atoms with van der Waals surface area (Å²) in [5, 5.41) is 2.79. The molecule has 29 heavy (non-hydrogen) atoms. The molecule has 0 spiro atoms. The van der Waals surface area contributed by atoms with Crippen molar-refractivity contribution in [3.8, 4) is 5.75 Å². The lowest BCUT2D eigenvalue weighted by Gasteiger charge is -2.17. The van der Waals surface area contributed by atoms with Gasteiger partial charge in [0, 0.05) is 6.54 Å². The minimum absolute atomic E-state index is 0.465. The number of nitrogens with zero attached hydrogens (tertiary/aromatic N) is 2. The van der Waals surface area contributed by atoms with E-state index in [9.17, 15) is 9.59 Å². The van der Waals surface area contributed by atoms with Gasteiger partial charge in [-0.3, -0.25) is 0 Å². The van der Waals surface area contributed by atoms with Crippen molar-refractivity contribution in [2.24, 2.45) is 0 Å². The molecule has 1 heterocycles. The van der Waals surface area contributed by atoms with E-state index in [0.29, 0.717) is 29.1 Å². The van der Waals surface area contributed by atoms with Crippen LogP contribution in [0.2, 0.25) is 0 Å². The van der Waals surface area contributed by atoms with Gasteiger partial charge in [-0.15, -0.1) is 0 Å². The molecule has 0 saturated carbocycles. The van der Waals surface area contributed by atoms with E-state index in [1.54, 1.807) is 18.2 Å². The number of likely N-dealkylation sites (N-methyl/N-ethyl adjacent to an activating group) is 1. The maximum Gasteiger partial charge on any atom is 0.334 e. The lowest BCUT2D eigenvalue weighted by molar-refractivity contribution is 0.253. The topological polar surface area (TPSA) is 79.4 Å². The van der Waals surface area contributed by atoms with Crippen LogP contribution in [0.25, 0.3) is 11.0 Å². The first-order valence-electron chi connectivity index (χ1n) is 10.1. The third kappa shape index (κ3) is 4.68. The van der Waals surface area contributed by atoms with Gasteiger partial charge >= 0.3 is 11.7 Å². The Hall–Kier alpha value is -3.06. The van der Waals surface area contributed by atoms with Crippen molar-refractivity contribution in [3.05, 3.63) is 58.5 Å². The van der Waals surface area contributed by atoms with Crippen LogP contribution < -0.4 is 15.7 Å². The van der Waals surface area contributed by atoms with Crippen LogP contribution in [-0.2, 0) is 6.42 Å². The number of anilines is 1. The van der Waals surface area contributed by atoms with Crippen molar-refractivity contribution in [3.63, 3.8) is 0 Å². The highest BCUT2D eigenvalue weighted by Gasteiger charge is 2.16. The van der Waals surface area contributed by atoms with Gasteiger partial charge in [0.25, 0.3) is 0 Å². The van der Waals surface area contributed by atoms with E-state index >= 15 is 0 Å². The minimum atomic E-state index is -0.519. The van der Waals surface area contributed by atoms with E-state index < -0.39 is 11.7 Å². The zero-order valence-electron chi connectivity index (χ0n) is 17.2. The Kier molecular flexibility index (Phi) is 6.72. The molecule has 0 fully saturated rings. The molecule has 7 nitrogen and oxygen atoms in total. The van der Waals surface area contributed by atoms with E-state index in [0.717, 1.165) is 36.2 Å². The number of amides is 1. The van der Waals surface area contributed by atoms with E-state index in [-0.39, 0.29) is 0 Å². The standard InChI is InChI=1S/C22H28N4O3/c1-4-25(5-2)14-13-16-11-12-17-19(15-16)26(21(27)23-17)22(28)24-18-9-7-8-10-20(18)29-6-3/h7-12,15H,4-6,13-14H2,1-3H3,(H,23,27)(H,24,28). The van der Waals surface area contributed by atoms with Crippen molar-refractivity contribution in [2.45, 2.75) is 27.2 Å². The van der Waals surface area contributed by atoms with E-state index in [4.69, 9.17) is 4.74 Å². The van der Waals surface area contributed by atoms with Crippen LogP contribution in [0.1, 0.15) is 26.3 Å². The highest BCUT2D eigenvalue weighted by atomic mass is 16.5. The number of hydrogen-bond donors (Lipinski definition) is 2. The zero-order valence-corrected chi connectivity index (χ0v) is 17.2. The second kappa shape index (κ2) is 9.43. The summed E-state index contributed by atoms with van der Waals surface area (Å²) < 4.78 is 6.69. The number of H-pyrrole nitrogens is 1. The third-order valence-electron chi connectivity index (χ3n) is 4.99. The van der Waals surface area contributed by atoms with Gasteiger partial charge in [0.05, 0.1) is 23.3 Å². The van der Waals surface area contributed by atoms with E-state index in [1.807, 2.05) is 31.2 Å². The molecule has 1 aromatic heterocycles. The number of benzene rings is 2. The molecule has 3 aromatic rings. The second-order valence-electron chi connectivity index (χ2n) is 6.75. The molecule has 0 saturated heterocycles. The van der Waals surface area contributed by atoms with Gasteiger partial charge in [-0.05, 0) is 56.3 Å². The fourth-order valence-electron chi connectivity index (χ4n) is 3.35. The van der Waals surface area contributed by atoms with Crippen molar-refractivity contribution < 1.29 is 9.53 Å². The van der Waals surface area contributed by atoms with Crippen LogP contribution in [-0.4, -0.2) is 46.7 Å². The summed E-state index contributed by atoms with van der Waals surface area (Å²) in [5.41, 5.74) is 2.35. The zero-order chi connectivity index (χ0) is 20.8. The Labute approximate surface area is 170 Å². The Bertz CT molecular complexity index is 1030. The first-order valence-corrected chi connectivity index (χ1v) is 10.1. The molecule has 0 aliphatic carbocycles. The first kappa shape index (κ1) is 20.7. The summed E-state index contributed by atoms with van der Waals surface area (Å²) in [4.78, 5) is 30.5. The predicted molar refractivity (Wildman–Crippen MR) is 116 cm³/mol. The number of aromatic amines is 1. The van der Waals surface area contributed by atoms with Crippen LogP contribution in [0.5, 0.6) is 5.75 Å². The first-order chi connectivity index (χ1) is 14.1. The molecule has 0 bridgehead atoms. The number of ether oxygens (including phenoxy) is 1. The normalized spacial score (nSPS) is 11.2. The van der Waals surface area contributed by atoms with Crippen LogP contribution in [0, 0.1) is 0 Å². The smallest absolute Gasteiger partial charge is 0.334 e. The molecule has 0 radical (unpaired) electrons. The molecule has 3 rings (SSSR count). The van der Waals surface area contributed by atoms with Crippen LogP contribution in [0.3, 0.4) is 0 Å². The molecule has 0 aliphatic heterocycles. The summed E-state index contributed by atoms with van der Waals surface area (Å²) in [5.74, 6) is 0.566. The summed E-state index contributed by atoms with van der Waals surface area (Å²) >= 11 is 0. The Morgan fingerprint density at radius 3 is 2.62 bits per heavy atom. The van der Waals surface area contributed by atoms with Gasteiger partial charge in [-0.25, -0.2) is 14.2 Å². The lowest BCUT2D eigenvalue weighted by atomic mass is 10.1. The van der Waals surface area contributed by atoms with Crippen LogP contribution >= 0.6 is 0 Å². The Morgan fingerprint density at radius 1 is 1.14 bits per heavy atom. The van der Waals surface area contributed by atoms with Crippen LogP contribution in [0.15, 0.2) is 47.3 Å². The molecule has 154 valence electrons. The van der Waals surface area contributed by atoms with Crippen molar-refractivity contribution in [1.82, 2.24) is 14.5 Å². The average molecular weight is 396 g/mol. The Balaban J connectivity index is 1.88. The van der Waals surface area contributed by atoms with E-state index in [2.05, 4.69) is 29.0 Å². The number of carbonyl (C=O) groups excluding carboxylic acids is 1. The van der Waals surface area contributed by atoms with Crippen molar-refractivity contribution in [2.75, 3.05) is 31.6 Å². The fraction of sp³-hybridized carbons (Fsp3) is 0.364. The van der Waals surface area contributed by atoms with Crippen molar-refractivity contribution in [1.29, 1.82) is 0 Å². The highest BCUT2D eigenvalue weighted by Crippen LogP contribution is 2.24.